The Morgan fingerprint density at radius 2 is 2.17 bits per heavy atom. The van der Waals surface area contributed by atoms with Crippen LogP contribution in [0.1, 0.15) is 12.5 Å². The van der Waals surface area contributed by atoms with Gasteiger partial charge in [0.15, 0.2) is 3.68 Å². The summed E-state index contributed by atoms with van der Waals surface area (Å²) in [5, 5.41) is 0.456. The highest BCUT2D eigenvalue weighted by molar-refractivity contribution is 14.1. The van der Waals surface area contributed by atoms with Crippen LogP contribution >= 0.6 is 50.1 Å². The van der Waals surface area contributed by atoms with Crippen molar-refractivity contribution >= 4 is 50.1 Å². The molecule has 1 aromatic carbocycles. The van der Waals surface area contributed by atoms with Gasteiger partial charge in [0.25, 0.3) is 0 Å². The second-order valence-corrected chi connectivity index (χ2v) is 5.86. The number of halogens is 4. The molecule has 1 atom stereocenters. The second-order valence-electron chi connectivity index (χ2n) is 2.51. The second kappa shape index (κ2) is 3.80. The molecule has 0 nitrogen and oxygen atoms in total. The molecule has 0 heterocycles. The van der Waals surface area contributed by atoms with Crippen LogP contribution in [0, 0.1) is 0 Å². The molecule has 0 aliphatic rings. The van der Waals surface area contributed by atoms with Gasteiger partial charge in [-0.1, -0.05) is 27.5 Å². The van der Waals surface area contributed by atoms with Crippen LogP contribution in [-0.2, 0) is 3.68 Å². The van der Waals surface area contributed by atoms with Crippen molar-refractivity contribution in [3.8, 4) is 0 Å². The first-order chi connectivity index (χ1) is 5.41. The molecule has 0 saturated heterocycles. The molecule has 0 aromatic heterocycles. The summed E-state index contributed by atoms with van der Waals surface area (Å²) in [6, 6.07) is 5.15. The van der Waals surface area contributed by atoms with Crippen LogP contribution in [-0.4, -0.2) is 0 Å². The minimum absolute atomic E-state index is 0.456. The van der Waals surface area contributed by atoms with Crippen molar-refractivity contribution in [3.05, 3.63) is 33.3 Å². The van der Waals surface area contributed by atoms with E-state index < -0.39 is 3.68 Å². The molecule has 0 aliphatic carbocycles. The molecular weight excluding hydrogens is 357 g/mol. The molecule has 12 heavy (non-hydrogen) atoms. The molecule has 0 radical (unpaired) electrons. The van der Waals surface area contributed by atoms with E-state index >= 15 is 0 Å². The van der Waals surface area contributed by atoms with Gasteiger partial charge >= 0.3 is 0 Å². The highest BCUT2D eigenvalue weighted by Crippen LogP contribution is 2.38. The number of hydrogen-bond donors (Lipinski definition) is 0. The molecule has 0 N–H and O–H groups in total. The number of hydrogen-bond acceptors (Lipinski definition) is 0. The topological polar surface area (TPSA) is 0 Å². The van der Waals surface area contributed by atoms with Crippen molar-refractivity contribution in [2.24, 2.45) is 0 Å². The predicted molar refractivity (Wildman–Crippen MR) is 61.6 cm³/mol. The quantitative estimate of drug-likeness (QED) is 0.502. The molecule has 4 heteroatoms. The zero-order valence-electron chi connectivity index (χ0n) is 6.24. The Morgan fingerprint density at radius 1 is 1.58 bits per heavy atom. The Morgan fingerprint density at radius 3 is 2.58 bits per heavy atom. The molecule has 0 bridgehead atoms. The number of alkyl halides is 2. The summed E-state index contributed by atoms with van der Waals surface area (Å²) in [5.74, 6) is 0. The van der Waals surface area contributed by atoms with Crippen molar-refractivity contribution in [1.82, 2.24) is 0 Å². The van der Waals surface area contributed by atoms with Crippen molar-refractivity contribution in [1.29, 1.82) is 0 Å². The van der Waals surface area contributed by atoms with Crippen molar-refractivity contribution in [3.63, 3.8) is 0 Å². The maximum Gasteiger partial charge on any atom is 0.184 e. The summed E-state index contributed by atoms with van der Waals surface area (Å²) in [6.45, 7) is 1.47. The predicted octanol–water partition coefficient (Wildman–Crippen LogP) is 4.68. The minimum atomic E-state index is -1.42. The Balaban J connectivity index is 3.23. The van der Waals surface area contributed by atoms with Gasteiger partial charge in [0.2, 0.25) is 0 Å². The first-order valence-corrected chi connectivity index (χ1v) is 5.49. The zero-order chi connectivity index (χ0) is 9.35. The maximum atomic E-state index is 13.4. The molecule has 1 unspecified atom stereocenters. The molecule has 0 amide bonds. The van der Waals surface area contributed by atoms with Gasteiger partial charge in [-0.05, 0) is 47.7 Å². The zero-order valence-corrected chi connectivity index (χ0v) is 10.7. The first kappa shape index (κ1) is 10.7. The molecule has 0 aliphatic heterocycles. The van der Waals surface area contributed by atoms with E-state index in [9.17, 15) is 4.39 Å². The van der Waals surface area contributed by atoms with Gasteiger partial charge in [-0.25, -0.2) is 4.39 Å². The van der Waals surface area contributed by atoms with E-state index in [0.29, 0.717) is 10.6 Å². The van der Waals surface area contributed by atoms with Gasteiger partial charge in [0, 0.05) is 15.1 Å². The van der Waals surface area contributed by atoms with Gasteiger partial charge in [0.05, 0.1) is 0 Å². The van der Waals surface area contributed by atoms with Gasteiger partial charge in [-0.15, -0.1) is 0 Å². The standard InChI is InChI=1S/C8H6BrClFI/c1-8(11,12)6-4-5(9)2-3-7(6)10/h2-4H,1H3. The monoisotopic (exact) mass is 362 g/mol. The SMILES string of the molecule is CC(F)(I)c1cc(Br)ccc1Cl. The molecule has 0 spiro atoms. The highest BCUT2D eigenvalue weighted by atomic mass is 127. The summed E-state index contributed by atoms with van der Waals surface area (Å²) < 4.78 is 12.9. The van der Waals surface area contributed by atoms with Gasteiger partial charge in [0.1, 0.15) is 0 Å². The first-order valence-electron chi connectivity index (χ1n) is 3.24. The number of benzene rings is 1. The molecule has 1 aromatic rings. The van der Waals surface area contributed by atoms with E-state index in [4.69, 9.17) is 11.6 Å². The fourth-order valence-electron chi connectivity index (χ4n) is 0.834. The van der Waals surface area contributed by atoms with Gasteiger partial charge < -0.3 is 0 Å². The van der Waals surface area contributed by atoms with Crippen LogP contribution in [0.5, 0.6) is 0 Å². The highest BCUT2D eigenvalue weighted by Gasteiger charge is 2.24. The van der Waals surface area contributed by atoms with Gasteiger partial charge in [-0.2, -0.15) is 0 Å². The van der Waals surface area contributed by atoms with Crippen LogP contribution in [0.25, 0.3) is 0 Å². The van der Waals surface area contributed by atoms with Crippen LogP contribution < -0.4 is 0 Å². The Kier molecular flexibility index (Phi) is 3.40. The Bertz CT molecular complexity index is 296. The smallest absolute Gasteiger partial charge is 0.184 e. The lowest BCUT2D eigenvalue weighted by atomic mass is 10.1. The average molecular weight is 363 g/mol. The third-order valence-electron chi connectivity index (χ3n) is 1.40. The Labute approximate surface area is 97.8 Å². The van der Waals surface area contributed by atoms with E-state index in [1.54, 1.807) is 40.8 Å². The molecule has 0 fully saturated rings. The third kappa shape index (κ3) is 2.57. The fourth-order valence-corrected chi connectivity index (χ4v) is 2.10. The molecule has 66 valence electrons. The van der Waals surface area contributed by atoms with Crippen molar-refractivity contribution in [2.45, 2.75) is 10.6 Å². The molecule has 1 rings (SSSR count). The van der Waals surface area contributed by atoms with Crippen molar-refractivity contribution in [2.75, 3.05) is 0 Å². The Hall–Kier alpha value is 0.650. The lowest BCUT2D eigenvalue weighted by molar-refractivity contribution is 0.349. The summed E-state index contributed by atoms with van der Waals surface area (Å²) in [4.78, 5) is 0. The van der Waals surface area contributed by atoms with Crippen LogP contribution in [0.3, 0.4) is 0 Å². The van der Waals surface area contributed by atoms with E-state index in [1.165, 1.54) is 6.92 Å². The third-order valence-corrected chi connectivity index (χ3v) is 2.81. The number of rotatable bonds is 1. The van der Waals surface area contributed by atoms with E-state index in [-0.39, 0.29) is 0 Å². The van der Waals surface area contributed by atoms with E-state index in [0.717, 1.165) is 4.47 Å². The van der Waals surface area contributed by atoms with Crippen molar-refractivity contribution < 1.29 is 4.39 Å². The minimum Gasteiger partial charge on any atom is -0.227 e. The molecular formula is C8H6BrClFI. The fraction of sp³-hybridized carbons (Fsp3) is 0.250. The lowest BCUT2D eigenvalue weighted by Crippen LogP contribution is -2.04. The normalized spacial score (nSPS) is 15.8. The summed E-state index contributed by atoms with van der Waals surface area (Å²) >= 11 is 10.8. The molecule has 0 saturated carbocycles. The van der Waals surface area contributed by atoms with Crippen LogP contribution in [0.15, 0.2) is 22.7 Å². The van der Waals surface area contributed by atoms with Gasteiger partial charge in [-0.3, -0.25) is 0 Å². The maximum absolute atomic E-state index is 13.4. The van der Waals surface area contributed by atoms with Crippen LogP contribution in [0.4, 0.5) is 4.39 Å². The average Bonchev–Trinajstić information content (AvgIpc) is 1.92. The summed E-state index contributed by atoms with van der Waals surface area (Å²) in [6.07, 6.45) is 0. The lowest BCUT2D eigenvalue weighted by Gasteiger charge is -2.14. The summed E-state index contributed by atoms with van der Waals surface area (Å²) in [7, 11) is 0. The summed E-state index contributed by atoms with van der Waals surface area (Å²) in [5.41, 5.74) is 0.499. The van der Waals surface area contributed by atoms with E-state index in [2.05, 4.69) is 15.9 Å². The van der Waals surface area contributed by atoms with E-state index in [1.807, 2.05) is 0 Å². The van der Waals surface area contributed by atoms with Crippen LogP contribution in [0.2, 0.25) is 5.02 Å². The largest absolute Gasteiger partial charge is 0.227 e.